The minimum absolute atomic E-state index is 0.106. The van der Waals surface area contributed by atoms with E-state index in [1.54, 1.807) is 14.2 Å². The standard InChI is InChI=1S/C15H32B2O9P2S2/c1-20-6-10-9(25-27(3,18)29)5-12(23-10)17-8-22-7-11-13(26-28(4,19)30)14(21-2)15(16)24-11/h9-15,17H,5-8,16H2,1-4H3,(H,18,29)(H,19,30)/t9?,10-,11-,12-,13?,14?,15-,27+,28+/m1/s1. The highest BCUT2D eigenvalue weighted by atomic mass is 32.7. The smallest absolute Gasteiger partial charge is 0.252 e. The molecule has 2 heterocycles. The van der Waals surface area contributed by atoms with Gasteiger partial charge < -0.3 is 32.7 Å². The van der Waals surface area contributed by atoms with Gasteiger partial charge in [0.2, 0.25) is 0 Å². The summed E-state index contributed by atoms with van der Waals surface area (Å²) in [7, 11) is 5.65. The fourth-order valence-corrected chi connectivity index (χ4v) is 5.92. The lowest BCUT2D eigenvalue weighted by Gasteiger charge is -2.24. The van der Waals surface area contributed by atoms with Crippen molar-refractivity contribution in [3.05, 3.63) is 0 Å². The summed E-state index contributed by atoms with van der Waals surface area (Å²) in [6, 6.07) is -0.323. The maximum absolute atomic E-state index is 12.0. The molecule has 0 aromatic carbocycles. The number of methoxy groups -OCH3 is 2. The second-order valence-electron chi connectivity index (χ2n) is 7.75. The van der Waals surface area contributed by atoms with E-state index in [1.165, 1.54) is 13.3 Å². The van der Waals surface area contributed by atoms with Gasteiger partial charge in [0.25, 0.3) is 13.1 Å². The fraction of sp³-hybridized carbons (Fsp3) is 1.00. The molecule has 0 aromatic heterocycles. The summed E-state index contributed by atoms with van der Waals surface area (Å²) in [5.74, 6) is 0. The molecule has 2 aliphatic rings. The van der Waals surface area contributed by atoms with Gasteiger partial charge in [0.1, 0.15) is 32.3 Å². The second-order valence-corrected chi connectivity index (χ2v) is 15.7. The number of rotatable bonds is 12. The van der Waals surface area contributed by atoms with E-state index in [2.05, 4.69) is 24.5 Å². The molecule has 0 radical (unpaired) electrons. The quantitative estimate of drug-likeness (QED) is 0.173. The summed E-state index contributed by atoms with van der Waals surface area (Å²) in [6.45, 7) is -2.02. The van der Waals surface area contributed by atoms with Gasteiger partial charge >= 0.3 is 0 Å². The minimum atomic E-state index is -3.02. The normalized spacial score (nSPS) is 38.3. The first-order valence-electron chi connectivity index (χ1n) is 9.81. The summed E-state index contributed by atoms with van der Waals surface area (Å²) in [5.41, 5.74) is 0. The van der Waals surface area contributed by atoms with E-state index >= 15 is 0 Å². The Kier molecular flexibility index (Phi) is 10.8. The van der Waals surface area contributed by atoms with Crippen LogP contribution >= 0.6 is 37.6 Å². The van der Waals surface area contributed by atoms with Crippen LogP contribution < -0.4 is 0 Å². The van der Waals surface area contributed by atoms with E-state index in [0.29, 0.717) is 26.8 Å². The highest BCUT2D eigenvalue weighted by Crippen LogP contribution is 2.51. The Morgan fingerprint density at radius 3 is 2.27 bits per heavy atom. The van der Waals surface area contributed by atoms with Gasteiger partial charge in [-0.3, -0.25) is 9.13 Å². The van der Waals surface area contributed by atoms with Crippen LogP contribution in [0, 0.1) is 0 Å². The lowest BCUT2D eigenvalue weighted by Crippen LogP contribution is -2.38. The van der Waals surface area contributed by atoms with Gasteiger partial charge in [-0.05, 0) is 6.42 Å². The highest BCUT2D eigenvalue weighted by molar-refractivity contribution is 8.46. The molecule has 15 heteroatoms. The zero-order valence-electron chi connectivity index (χ0n) is 18.0. The molecule has 0 spiro atoms. The predicted molar refractivity (Wildman–Crippen MR) is 126 cm³/mol. The average Bonchev–Trinajstić information content (AvgIpc) is 3.09. The Labute approximate surface area is 190 Å². The third-order valence-corrected chi connectivity index (χ3v) is 6.80. The van der Waals surface area contributed by atoms with Crippen molar-refractivity contribution in [3.8, 4) is 0 Å². The Hall–Kier alpha value is 1.01. The molecule has 2 fully saturated rings. The Bertz CT molecular complexity index is 637. The van der Waals surface area contributed by atoms with Crippen LogP contribution in [0.25, 0.3) is 0 Å². The van der Waals surface area contributed by atoms with Gasteiger partial charge in [0.15, 0.2) is 7.28 Å². The zero-order chi connectivity index (χ0) is 22.5. The van der Waals surface area contributed by atoms with Crippen molar-refractivity contribution < 1.29 is 41.9 Å². The zero-order valence-corrected chi connectivity index (χ0v) is 21.6. The van der Waals surface area contributed by atoms with E-state index in [4.69, 9.17) is 32.7 Å². The summed E-state index contributed by atoms with van der Waals surface area (Å²) in [6.07, 6.45) is -1.34. The van der Waals surface area contributed by atoms with E-state index in [-0.39, 0.29) is 36.9 Å². The molecule has 9 nitrogen and oxygen atoms in total. The van der Waals surface area contributed by atoms with E-state index in [9.17, 15) is 9.13 Å². The molecule has 174 valence electrons. The minimum Gasteiger partial charge on any atom is -0.387 e. The molecule has 2 saturated heterocycles. The van der Waals surface area contributed by atoms with Crippen LogP contribution in [-0.2, 0) is 41.9 Å². The van der Waals surface area contributed by atoms with Crippen molar-refractivity contribution in [2.45, 2.75) is 48.9 Å². The van der Waals surface area contributed by atoms with Gasteiger partial charge in [-0.2, -0.15) is 0 Å². The van der Waals surface area contributed by atoms with Crippen LogP contribution in [-0.4, -0.2) is 105 Å². The van der Waals surface area contributed by atoms with Crippen molar-refractivity contribution in [2.24, 2.45) is 0 Å². The van der Waals surface area contributed by atoms with Gasteiger partial charge in [-0.25, -0.2) is 0 Å². The second kappa shape index (κ2) is 11.9. The molecule has 9 atom stereocenters. The summed E-state index contributed by atoms with van der Waals surface area (Å²) >= 11 is 8.04. The first kappa shape index (κ1) is 27.3. The Morgan fingerprint density at radius 1 is 1.03 bits per heavy atom. The summed E-state index contributed by atoms with van der Waals surface area (Å²) < 4.78 is 63.4. The monoisotopic (exact) mass is 504 g/mol. The first-order chi connectivity index (χ1) is 13.9. The summed E-state index contributed by atoms with van der Waals surface area (Å²) in [4.78, 5) is 0. The van der Waals surface area contributed by atoms with E-state index in [1.807, 2.05) is 7.85 Å². The van der Waals surface area contributed by atoms with E-state index < -0.39 is 25.3 Å². The van der Waals surface area contributed by atoms with Crippen molar-refractivity contribution >= 4 is 52.8 Å². The van der Waals surface area contributed by atoms with E-state index in [0.717, 1.165) is 0 Å². The third-order valence-electron chi connectivity index (χ3n) is 4.94. The van der Waals surface area contributed by atoms with Crippen molar-refractivity contribution in [2.75, 3.05) is 47.3 Å². The predicted octanol–water partition coefficient (Wildman–Crippen LogP) is 0.807. The lowest BCUT2D eigenvalue weighted by atomic mass is 9.71. The molecule has 2 rings (SSSR count). The largest absolute Gasteiger partial charge is 0.387 e. The fourth-order valence-electron chi connectivity index (χ4n) is 3.80. The molecule has 2 aliphatic heterocycles. The molecule has 3 unspecified atom stereocenters. The topological polar surface area (TPSA) is 98.8 Å². The van der Waals surface area contributed by atoms with Crippen molar-refractivity contribution in [1.29, 1.82) is 0 Å². The molecule has 0 bridgehead atoms. The molecule has 0 N–H and O–H groups in total. The molecule has 0 aromatic rings. The van der Waals surface area contributed by atoms with Gasteiger partial charge in [0.05, 0.1) is 25.3 Å². The average molecular weight is 504 g/mol. The summed E-state index contributed by atoms with van der Waals surface area (Å²) in [5, 5.41) is 0. The van der Waals surface area contributed by atoms with Crippen LogP contribution in [0.3, 0.4) is 0 Å². The molecule has 0 aliphatic carbocycles. The maximum atomic E-state index is 12.0. The highest BCUT2D eigenvalue weighted by Gasteiger charge is 2.45. The van der Waals surface area contributed by atoms with Crippen LogP contribution in [0.15, 0.2) is 0 Å². The van der Waals surface area contributed by atoms with Crippen molar-refractivity contribution in [1.82, 2.24) is 0 Å². The molecule has 30 heavy (non-hydrogen) atoms. The molecule has 0 saturated carbocycles. The van der Waals surface area contributed by atoms with Crippen LogP contribution in [0.2, 0.25) is 0 Å². The van der Waals surface area contributed by atoms with Crippen molar-refractivity contribution in [3.63, 3.8) is 0 Å². The van der Waals surface area contributed by atoms with Crippen LogP contribution in [0.4, 0.5) is 0 Å². The molecular formula is C15H32B2O9P2S2. The lowest BCUT2D eigenvalue weighted by molar-refractivity contribution is -0.0197. The maximum Gasteiger partial charge on any atom is 0.252 e. The molecule has 0 amide bonds. The third kappa shape index (κ3) is 8.75. The number of hydrogen-bond acceptors (Lipinski definition) is 9. The van der Waals surface area contributed by atoms with Crippen LogP contribution in [0.5, 0.6) is 0 Å². The van der Waals surface area contributed by atoms with Gasteiger partial charge in [-0.1, -0.05) is 24.5 Å². The Morgan fingerprint density at radius 2 is 1.70 bits per heavy atom. The van der Waals surface area contributed by atoms with Gasteiger partial charge in [-0.15, -0.1) is 0 Å². The first-order valence-corrected chi connectivity index (χ1v) is 16.3. The Balaban J connectivity index is 1.82. The number of hydrogen-bond donors (Lipinski definition) is 2. The number of thiol groups is 2. The SMILES string of the molecule is B[C@@H]1O[C@H](COCB[C@H]2CC(O[P@](C)(=O)S)[C@@H](COC)O2)C(O[P@](C)(=O)S)C1OC. The number of ether oxygens (including phenoxy) is 5. The van der Waals surface area contributed by atoms with Gasteiger partial charge in [0, 0.05) is 40.1 Å². The van der Waals surface area contributed by atoms with Crippen LogP contribution in [0.1, 0.15) is 6.42 Å². The molecular weight excluding hydrogens is 472 g/mol.